The Bertz CT molecular complexity index is 921. The fourth-order valence-electron chi connectivity index (χ4n) is 3.10. The van der Waals surface area contributed by atoms with Gasteiger partial charge in [-0.15, -0.1) is 11.3 Å². The summed E-state index contributed by atoms with van der Waals surface area (Å²) in [4.78, 5) is 39.0. The summed E-state index contributed by atoms with van der Waals surface area (Å²) < 4.78 is 10.5. The van der Waals surface area contributed by atoms with Gasteiger partial charge in [0.1, 0.15) is 10.8 Å². The normalized spacial score (nSPS) is 12.9. The maximum atomic E-state index is 12.4. The number of nitrogens with zero attached hydrogens (tertiary/aromatic N) is 1. The highest BCUT2D eigenvalue weighted by Gasteiger charge is 2.30. The number of benzene rings is 1. The predicted octanol–water partition coefficient (Wildman–Crippen LogP) is 2.77. The molecule has 8 heteroatoms. The SMILES string of the molecule is COC(=O)c1c(NC(=O)COc2ccccc2C)sc2c1CCN(C(C)=O)C2. The summed E-state index contributed by atoms with van der Waals surface area (Å²) in [6, 6.07) is 7.43. The molecule has 3 rings (SSSR count). The van der Waals surface area contributed by atoms with E-state index in [2.05, 4.69) is 5.32 Å². The molecule has 2 amide bonds. The Balaban J connectivity index is 1.77. The van der Waals surface area contributed by atoms with Gasteiger partial charge >= 0.3 is 5.97 Å². The molecule has 0 bridgehead atoms. The largest absolute Gasteiger partial charge is 0.483 e. The molecule has 2 heterocycles. The zero-order chi connectivity index (χ0) is 20.3. The van der Waals surface area contributed by atoms with Gasteiger partial charge in [0.05, 0.1) is 19.2 Å². The number of hydrogen-bond donors (Lipinski definition) is 1. The van der Waals surface area contributed by atoms with E-state index in [1.165, 1.54) is 25.4 Å². The number of esters is 1. The third-order valence-electron chi connectivity index (χ3n) is 4.60. The van der Waals surface area contributed by atoms with Gasteiger partial charge in [-0.2, -0.15) is 0 Å². The molecule has 0 unspecified atom stereocenters. The average molecular weight is 402 g/mol. The van der Waals surface area contributed by atoms with Crippen LogP contribution in [0.4, 0.5) is 5.00 Å². The third-order valence-corrected chi connectivity index (χ3v) is 5.73. The van der Waals surface area contributed by atoms with E-state index in [1.54, 1.807) is 11.0 Å². The van der Waals surface area contributed by atoms with Crippen molar-refractivity contribution in [3.05, 3.63) is 45.8 Å². The number of amides is 2. The molecule has 1 aliphatic heterocycles. The van der Waals surface area contributed by atoms with E-state index in [9.17, 15) is 14.4 Å². The van der Waals surface area contributed by atoms with Crippen LogP contribution in [0.3, 0.4) is 0 Å². The van der Waals surface area contributed by atoms with Crippen molar-refractivity contribution in [2.45, 2.75) is 26.8 Å². The second kappa shape index (κ2) is 8.43. The second-order valence-corrected chi connectivity index (χ2v) is 7.60. The van der Waals surface area contributed by atoms with Crippen LogP contribution < -0.4 is 10.1 Å². The Morgan fingerprint density at radius 1 is 1.25 bits per heavy atom. The molecule has 0 atom stereocenters. The van der Waals surface area contributed by atoms with Crippen LogP contribution in [0.1, 0.15) is 33.3 Å². The van der Waals surface area contributed by atoms with Crippen molar-refractivity contribution < 1.29 is 23.9 Å². The Morgan fingerprint density at radius 2 is 2.00 bits per heavy atom. The smallest absolute Gasteiger partial charge is 0.341 e. The van der Waals surface area contributed by atoms with E-state index < -0.39 is 5.97 Å². The first kappa shape index (κ1) is 19.9. The van der Waals surface area contributed by atoms with Crippen LogP contribution in [0.15, 0.2) is 24.3 Å². The zero-order valence-corrected chi connectivity index (χ0v) is 16.9. The van der Waals surface area contributed by atoms with Gasteiger partial charge < -0.3 is 19.7 Å². The molecule has 148 valence electrons. The molecule has 7 nitrogen and oxygen atoms in total. The number of carbonyl (C=O) groups excluding carboxylic acids is 3. The molecule has 1 aromatic carbocycles. The highest BCUT2D eigenvalue weighted by molar-refractivity contribution is 7.17. The maximum Gasteiger partial charge on any atom is 0.341 e. The van der Waals surface area contributed by atoms with Crippen molar-refractivity contribution in [2.75, 3.05) is 25.6 Å². The van der Waals surface area contributed by atoms with Crippen molar-refractivity contribution in [1.29, 1.82) is 0 Å². The van der Waals surface area contributed by atoms with E-state index in [0.717, 1.165) is 16.0 Å². The van der Waals surface area contributed by atoms with Crippen LogP contribution in [0.25, 0.3) is 0 Å². The summed E-state index contributed by atoms with van der Waals surface area (Å²) in [5.74, 6) is -0.247. The number of nitrogens with one attached hydrogen (secondary N) is 1. The number of hydrogen-bond acceptors (Lipinski definition) is 6. The number of anilines is 1. The topological polar surface area (TPSA) is 84.9 Å². The first-order valence-corrected chi connectivity index (χ1v) is 9.69. The molecular formula is C20H22N2O5S. The number of methoxy groups -OCH3 is 1. The molecule has 0 radical (unpaired) electrons. The quantitative estimate of drug-likeness (QED) is 0.778. The number of thiophene rings is 1. The van der Waals surface area contributed by atoms with E-state index in [-0.39, 0.29) is 18.4 Å². The summed E-state index contributed by atoms with van der Waals surface area (Å²) in [6.45, 7) is 4.21. The number of carbonyl (C=O) groups is 3. The molecule has 2 aromatic rings. The summed E-state index contributed by atoms with van der Waals surface area (Å²) in [7, 11) is 1.31. The molecule has 0 saturated heterocycles. The Morgan fingerprint density at radius 3 is 2.68 bits per heavy atom. The van der Waals surface area contributed by atoms with Crippen LogP contribution in [-0.2, 0) is 27.3 Å². The summed E-state index contributed by atoms with van der Waals surface area (Å²) >= 11 is 1.30. The summed E-state index contributed by atoms with van der Waals surface area (Å²) in [5.41, 5.74) is 2.14. The molecular weight excluding hydrogens is 380 g/mol. The fraction of sp³-hybridized carbons (Fsp3) is 0.350. The van der Waals surface area contributed by atoms with Crippen molar-refractivity contribution in [2.24, 2.45) is 0 Å². The molecule has 0 fully saturated rings. The lowest BCUT2D eigenvalue weighted by Crippen LogP contribution is -2.33. The maximum absolute atomic E-state index is 12.4. The lowest BCUT2D eigenvalue weighted by Gasteiger charge is -2.25. The van der Waals surface area contributed by atoms with Crippen molar-refractivity contribution in [3.63, 3.8) is 0 Å². The van der Waals surface area contributed by atoms with Gasteiger partial charge in [0.2, 0.25) is 5.91 Å². The van der Waals surface area contributed by atoms with Crippen molar-refractivity contribution in [3.8, 4) is 5.75 Å². The molecule has 0 aliphatic carbocycles. The zero-order valence-electron chi connectivity index (χ0n) is 16.0. The number of fused-ring (bicyclic) bond motifs is 1. The Labute approximate surface area is 167 Å². The number of rotatable bonds is 5. The highest BCUT2D eigenvalue weighted by Crippen LogP contribution is 2.37. The van der Waals surface area contributed by atoms with E-state index >= 15 is 0 Å². The van der Waals surface area contributed by atoms with Gasteiger partial charge in [-0.05, 0) is 30.5 Å². The van der Waals surface area contributed by atoms with E-state index in [0.29, 0.717) is 35.8 Å². The van der Waals surface area contributed by atoms with Crippen LogP contribution in [0.5, 0.6) is 5.75 Å². The summed E-state index contributed by atoms with van der Waals surface area (Å²) in [6.07, 6.45) is 0.547. The molecule has 0 saturated carbocycles. The van der Waals surface area contributed by atoms with Crippen LogP contribution in [-0.4, -0.2) is 42.9 Å². The second-order valence-electron chi connectivity index (χ2n) is 6.49. The minimum atomic E-state index is -0.496. The molecule has 28 heavy (non-hydrogen) atoms. The van der Waals surface area contributed by atoms with Crippen molar-refractivity contribution in [1.82, 2.24) is 4.90 Å². The first-order chi connectivity index (χ1) is 13.4. The van der Waals surface area contributed by atoms with Gasteiger partial charge in [-0.1, -0.05) is 18.2 Å². The molecule has 1 aliphatic rings. The number of aryl methyl sites for hydroxylation is 1. The summed E-state index contributed by atoms with van der Waals surface area (Å²) in [5, 5.41) is 3.20. The Hall–Kier alpha value is -2.87. The van der Waals surface area contributed by atoms with Gasteiger partial charge in [-0.25, -0.2) is 4.79 Å². The third kappa shape index (κ3) is 4.17. The average Bonchev–Trinajstić information content (AvgIpc) is 3.03. The highest BCUT2D eigenvalue weighted by atomic mass is 32.1. The monoisotopic (exact) mass is 402 g/mol. The number of para-hydroxylation sites is 1. The van der Waals surface area contributed by atoms with Gasteiger partial charge in [-0.3, -0.25) is 9.59 Å². The van der Waals surface area contributed by atoms with Crippen LogP contribution >= 0.6 is 11.3 Å². The van der Waals surface area contributed by atoms with Gasteiger partial charge in [0.25, 0.3) is 5.91 Å². The number of ether oxygens (including phenoxy) is 2. The molecule has 0 spiro atoms. The lowest BCUT2D eigenvalue weighted by atomic mass is 10.0. The van der Waals surface area contributed by atoms with Crippen molar-refractivity contribution >= 4 is 34.1 Å². The van der Waals surface area contributed by atoms with Crippen LogP contribution in [0.2, 0.25) is 0 Å². The fourth-order valence-corrected chi connectivity index (χ4v) is 4.37. The van der Waals surface area contributed by atoms with Crippen LogP contribution in [0, 0.1) is 6.92 Å². The van der Waals surface area contributed by atoms with Gasteiger partial charge in [0.15, 0.2) is 6.61 Å². The van der Waals surface area contributed by atoms with E-state index in [4.69, 9.17) is 9.47 Å². The minimum Gasteiger partial charge on any atom is -0.483 e. The lowest BCUT2D eigenvalue weighted by molar-refractivity contribution is -0.129. The predicted molar refractivity (Wildman–Crippen MR) is 106 cm³/mol. The van der Waals surface area contributed by atoms with Gasteiger partial charge in [0, 0.05) is 18.3 Å². The molecule has 1 aromatic heterocycles. The van der Waals surface area contributed by atoms with E-state index in [1.807, 2.05) is 25.1 Å². The standard InChI is InChI=1S/C20H22N2O5S/c1-12-6-4-5-7-15(12)27-11-17(24)21-19-18(20(25)26-3)14-8-9-22(13(2)23)10-16(14)28-19/h4-7H,8-11H2,1-3H3,(H,21,24). The minimum absolute atomic E-state index is 0.0177. The first-order valence-electron chi connectivity index (χ1n) is 8.87. The molecule has 1 N–H and O–H groups in total. The Kier molecular flexibility index (Phi) is 5.99.